The first kappa shape index (κ1) is 12.5. The summed E-state index contributed by atoms with van der Waals surface area (Å²) in [7, 11) is 0. The van der Waals surface area contributed by atoms with Gasteiger partial charge in [-0.15, -0.1) is 0 Å². The summed E-state index contributed by atoms with van der Waals surface area (Å²) in [6.45, 7) is 2.63. The molecule has 3 unspecified atom stereocenters. The van der Waals surface area contributed by atoms with E-state index < -0.39 is 12.1 Å². The molecule has 1 fully saturated rings. The second kappa shape index (κ2) is 6.08. The smallest absolute Gasteiger partial charge is 0.306 e. The second-order valence-electron chi connectivity index (χ2n) is 4.63. The quantitative estimate of drug-likeness (QED) is 0.639. The number of carboxylic acids is 1. The van der Waals surface area contributed by atoms with E-state index in [1.54, 1.807) is 0 Å². The fourth-order valence-electron chi connectivity index (χ4n) is 2.20. The number of aliphatic hydroxyl groups is 1. The molecule has 1 aliphatic rings. The van der Waals surface area contributed by atoms with E-state index in [0.29, 0.717) is 12.6 Å². The minimum Gasteiger partial charge on any atom is -0.481 e. The van der Waals surface area contributed by atoms with Gasteiger partial charge in [0, 0.05) is 12.6 Å². The van der Waals surface area contributed by atoms with Crippen LogP contribution in [-0.2, 0) is 4.79 Å². The van der Waals surface area contributed by atoms with Gasteiger partial charge in [-0.05, 0) is 18.8 Å². The van der Waals surface area contributed by atoms with Crippen molar-refractivity contribution in [2.75, 3.05) is 6.54 Å². The molecule has 3 atom stereocenters. The van der Waals surface area contributed by atoms with E-state index in [2.05, 4.69) is 12.2 Å². The van der Waals surface area contributed by atoms with Gasteiger partial charge in [0.15, 0.2) is 0 Å². The van der Waals surface area contributed by atoms with E-state index in [4.69, 9.17) is 5.11 Å². The molecule has 0 aromatic carbocycles. The highest BCUT2D eigenvalue weighted by Gasteiger charge is 2.19. The van der Waals surface area contributed by atoms with Crippen LogP contribution >= 0.6 is 0 Å². The number of aliphatic hydroxyl groups excluding tert-OH is 1. The molecule has 0 saturated heterocycles. The predicted octanol–water partition coefficient (Wildman–Crippen LogP) is 0.990. The first-order chi connectivity index (χ1) is 7.08. The standard InChI is InChI=1S/C11H21NO3/c1-8-3-2-4-9(5-8)12-7-10(13)6-11(14)15/h8-10,12-13H,2-7H2,1H3,(H,14,15). The van der Waals surface area contributed by atoms with E-state index >= 15 is 0 Å². The van der Waals surface area contributed by atoms with Gasteiger partial charge in [-0.25, -0.2) is 0 Å². The highest BCUT2D eigenvalue weighted by atomic mass is 16.4. The molecule has 0 bridgehead atoms. The predicted molar refractivity (Wildman–Crippen MR) is 57.7 cm³/mol. The van der Waals surface area contributed by atoms with Gasteiger partial charge in [0.05, 0.1) is 12.5 Å². The lowest BCUT2D eigenvalue weighted by Gasteiger charge is -2.28. The molecule has 1 rings (SSSR count). The highest BCUT2D eigenvalue weighted by molar-refractivity contribution is 5.67. The molecule has 0 spiro atoms. The Morgan fingerprint density at radius 2 is 2.27 bits per heavy atom. The van der Waals surface area contributed by atoms with E-state index in [9.17, 15) is 9.90 Å². The molecule has 0 radical (unpaired) electrons. The van der Waals surface area contributed by atoms with E-state index in [0.717, 1.165) is 18.8 Å². The zero-order valence-corrected chi connectivity index (χ0v) is 9.28. The Morgan fingerprint density at radius 1 is 1.53 bits per heavy atom. The van der Waals surface area contributed by atoms with Gasteiger partial charge in [-0.1, -0.05) is 19.8 Å². The van der Waals surface area contributed by atoms with Crippen molar-refractivity contribution in [1.29, 1.82) is 0 Å². The van der Waals surface area contributed by atoms with Crippen LogP contribution in [0.2, 0.25) is 0 Å². The van der Waals surface area contributed by atoms with Gasteiger partial charge in [0.25, 0.3) is 0 Å². The van der Waals surface area contributed by atoms with Crippen molar-refractivity contribution < 1.29 is 15.0 Å². The highest BCUT2D eigenvalue weighted by Crippen LogP contribution is 2.23. The Kier molecular flexibility index (Phi) is 5.05. The van der Waals surface area contributed by atoms with Crippen molar-refractivity contribution >= 4 is 5.97 Å². The lowest BCUT2D eigenvalue weighted by molar-refractivity contribution is -0.139. The summed E-state index contributed by atoms with van der Waals surface area (Å²) in [5.74, 6) is -0.200. The maximum absolute atomic E-state index is 10.3. The van der Waals surface area contributed by atoms with Gasteiger partial charge in [0.1, 0.15) is 0 Å². The Bertz CT molecular complexity index is 208. The molecule has 4 nitrogen and oxygen atoms in total. The molecule has 15 heavy (non-hydrogen) atoms. The normalized spacial score (nSPS) is 28.7. The minimum absolute atomic E-state index is 0.171. The molecule has 1 aliphatic carbocycles. The van der Waals surface area contributed by atoms with E-state index in [1.807, 2.05) is 0 Å². The van der Waals surface area contributed by atoms with Crippen LogP contribution in [0, 0.1) is 5.92 Å². The monoisotopic (exact) mass is 215 g/mol. The molecule has 0 aliphatic heterocycles. The molecule has 3 N–H and O–H groups in total. The molecule has 4 heteroatoms. The Labute approximate surface area is 90.7 Å². The number of rotatable bonds is 5. The summed E-state index contributed by atoms with van der Waals surface area (Å²) in [6.07, 6.45) is 3.86. The number of nitrogens with one attached hydrogen (secondary N) is 1. The molecule has 0 heterocycles. The van der Waals surface area contributed by atoms with Crippen LogP contribution in [0.25, 0.3) is 0 Å². The molecule has 88 valence electrons. The molecule has 0 aromatic rings. The third-order valence-corrected chi connectivity index (χ3v) is 2.99. The maximum atomic E-state index is 10.3. The average Bonchev–Trinajstić information content (AvgIpc) is 2.14. The Hall–Kier alpha value is -0.610. The number of hydrogen-bond donors (Lipinski definition) is 3. The maximum Gasteiger partial charge on any atom is 0.306 e. The first-order valence-corrected chi connectivity index (χ1v) is 5.71. The second-order valence-corrected chi connectivity index (χ2v) is 4.63. The van der Waals surface area contributed by atoms with E-state index in [1.165, 1.54) is 12.8 Å². The molecular formula is C11H21NO3. The third-order valence-electron chi connectivity index (χ3n) is 2.99. The van der Waals surface area contributed by atoms with Gasteiger partial charge in [-0.2, -0.15) is 0 Å². The lowest BCUT2D eigenvalue weighted by Crippen LogP contribution is -2.39. The van der Waals surface area contributed by atoms with Crippen molar-refractivity contribution in [2.45, 2.75) is 51.2 Å². The third kappa shape index (κ3) is 5.14. The number of hydrogen-bond acceptors (Lipinski definition) is 3. The van der Waals surface area contributed by atoms with Crippen LogP contribution < -0.4 is 5.32 Å². The van der Waals surface area contributed by atoms with Crippen molar-refractivity contribution in [3.63, 3.8) is 0 Å². The van der Waals surface area contributed by atoms with Crippen LogP contribution in [0.3, 0.4) is 0 Å². The fraction of sp³-hybridized carbons (Fsp3) is 0.909. The van der Waals surface area contributed by atoms with Crippen LogP contribution in [0.5, 0.6) is 0 Å². The first-order valence-electron chi connectivity index (χ1n) is 5.71. The molecular weight excluding hydrogens is 194 g/mol. The van der Waals surface area contributed by atoms with Crippen LogP contribution in [-0.4, -0.2) is 34.9 Å². The van der Waals surface area contributed by atoms with Gasteiger partial charge < -0.3 is 15.5 Å². The number of aliphatic carboxylic acids is 1. The topological polar surface area (TPSA) is 69.6 Å². The minimum atomic E-state index is -0.943. The van der Waals surface area contributed by atoms with E-state index in [-0.39, 0.29) is 6.42 Å². The summed E-state index contributed by atoms with van der Waals surface area (Å²) in [5.41, 5.74) is 0. The molecule has 0 amide bonds. The largest absolute Gasteiger partial charge is 0.481 e. The van der Waals surface area contributed by atoms with Crippen LogP contribution in [0.15, 0.2) is 0 Å². The summed E-state index contributed by atoms with van der Waals surface area (Å²) >= 11 is 0. The summed E-state index contributed by atoms with van der Waals surface area (Å²) in [4.78, 5) is 10.3. The zero-order chi connectivity index (χ0) is 11.3. The lowest BCUT2D eigenvalue weighted by atomic mass is 9.87. The summed E-state index contributed by atoms with van der Waals surface area (Å²) < 4.78 is 0. The number of carbonyl (C=O) groups is 1. The van der Waals surface area contributed by atoms with Gasteiger partial charge >= 0.3 is 5.97 Å². The summed E-state index contributed by atoms with van der Waals surface area (Å²) in [5, 5.41) is 21.1. The average molecular weight is 215 g/mol. The van der Waals surface area contributed by atoms with Crippen molar-refractivity contribution in [3.8, 4) is 0 Å². The molecule has 1 saturated carbocycles. The number of carboxylic acid groups (broad SMARTS) is 1. The fourth-order valence-corrected chi connectivity index (χ4v) is 2.20. The molecule has 0 aromatic heterocycles. The Morgan fingerprint density at radius 3 is 2.87 bits per heavy atom. The van der Waals surface area contributed by atoms with Gasteiger partial charge in [0.2, 0.25) is 0 Å². The van der Waals surface area contributed by atoms with Crippen molar-refractivity contribution in [1.82, 2.24) is 5.32 Å². The van der Waals surface area contributed by atoms with Crippen LogP contribution in [0.4, 0.5) is 0 Å². The zero-order valence-electron chi connectivity index (χ0n) is 9.28. The van der Waals surface area contributed by atoms with Crippen LogP contribution in [0.1, 0.15) is 39.0 Å². The van der Waals surface area contributed by atoms with Crippen molar-refractivity contribution in [3.05, 3.63) is 0 Å². The van der Waals surface area contributed by atoms with Gasteiger partial charge in [-0.3, -0.25) is 4.79 Å². The van der Waals surface area contributed by atoms with Crippen molar-refractivity contribution in [2.24, 2.45) is 5.92 Å². The SMILES string of the molecule is CC1CCCC(NCC(O)CC(=O)O)C1. The summed E-state index contributed by atoms with van der Waals surface area (Å²) in [6, 6.07) is 0.456. The Balaban J connectivity index is 2.15.